The fourth-order valence-electron chi connectivity index (χ4n) is 0.638. The van der Waals surface area contributed by atoms with Crippen molar-refractivity contribution in [2.45, 2.75) is 19.3 Å². The molecule has 0 heterocycles. The Morgan fingerprint density at radius 2 is 2.17 bits per heavy atom. The van der Waals surface area contributed by atoms with Crippen molar-refractivity contribution in [2.24, 2.45) is 0 Å². The van der Waals surface area contributed by atoms with Crippen molar-refractivity contribution in [3.05, 3.63) is 5.53 Å². The van der Waals surface area contributed by atoms with Crippen LogP contribution in [0, 0.1) is 0 Å². The molecule has 66 valence electrons. The van der Waals surface area contributed by atoms with E-state index in [1.807, 2.05) is 0 Å². The van der Waals surface area contributed by atoms with Crippen LogP contribution in [0.15, 0.2) is 0 Å². The number of esters is 1. The Morgan fingerprint density at radius 1 is 1.50 bits per heavy atom. The van der Waals surface area contributed by atoms with Crippen molar-refractivity contribution in [1.82, 2.24) is 0 Å². The topological polar surface area (TPSA) is 79.8 Å². The average molecular weight is 170 g/mol. The zero-order valence-corrected chi connectivity index (χ0v) is 6.82. The highest BCUT2D eigenvalue weighted by molar-refractivity contribution is 6.25. The Balaban J connectivity index is 3.50. The number of carbonyl (C=O) groups excluding carboxylic acids is 2. The van der Waals surface area contributed by atoms with Gasteiger partial charge in [-0.1, -0.05) is 0 Å². The van der Waals surface area contributed by atoms with E-state index in [9.17, 15) is 9.59 Å². The quantitative estimate of drug-likeness (QED) is 0.256. The molecule has 12 heavy (non-hydrogen) atoms. The van der Waals surface area contributed by atoms with Crippen LogP contribution in [0.1, 0.15) is 19.3 Å². The first-order valence-electron chi connectivity index (χ1n) is 3.47. The molecule has 0 saturated carbocycles. The summed E-state index contributed by atoms with van der Waals surface area (Å²) in [5.41, 5.74) is 7.95. The molecule has 0 rings (SSSR count). The largest absolute Gasteiger partial charge is 0.469 e. The Morgan fingerprint density at radius 3 is 2.67 bits per heavy atom. The minimum atomic E-state index is -0.344. The van der Waals surface area contributed by atoms with Crippen LogP contribution in [0.4, 0.5) is 0 Å². The summed E-state index contributed by atoms with van der Waals surface area (Å²) in [6, 6.07) is 0. The maximum absolute atomic E-state index is 10.7. The van der Waals surface area contributed by atoms with Gasteiger partial charge >= 0.3 is 12.2 Å². The molecule has 0 amide bonds. The van der Waals surface area contributed by atoms with Crippen molar-refractivity contribution in [2.75, 3.05) is 7.11 Å². The Hall–Kier alpha value is -1.48. The van der Waals surface area contributed by atoms with E-state index in [1.165, 1.54) is 7.11 Å². The molecule has 0 saturated heterocycles. The van der Waals surface area contributed by atoms with E-state index in [0.717, 1.165) is 6.21 Å². The molecule has 0 radical (unpaired) electrons. The highest BCUT2D eigenvalue weighted by atomic mass is 16.5. The fraction of sp³-hybridized carbons (Fsp3) is 0.571. The summed E-state index contributed by atoms with van der Waals surface area (Å²) in [7, 11) is 1.29. The molecule has 0 aliphatic heterocycles. The summed E-state index contributed by atoms with van der Waals surface area (Å²) in [5.74, 6) is -0.648. The van der Waals surface area contributed by atoms with E-state index in [0.29, 0.717) is 6.42 Å². The van der Waals surface area contributed by atoms with Crippen LogP contribution >= 0.6 is 0 Å². The summed E-state index contributed by atoms with van der Waals surface area (Å²) in [6.45, 7) is 0. The maximum Gasteiger partial charge on any atom is 0.323 e. The van der Waals surface area contributed by atoms with Gasteiger partial charge in [0.15, 0.2) is 0 Å². The Bertz CT molecular complexity index is 219. The molecule has 0 unspecified atom stereocenters. The number of methoxy groups -OCH3 is 1. The summed E-state index contributed by atoms with van der Waals surface area (Å²) >= 11 is 0. The van der Waals surface area contributed by atoms with Crippen LogP contribution in [0.25, 0.3) is 5.53 Å². The van der Waals surface area contributed by atoms with Gasteiger partial charge in [-0.15, -0.1) is 0 Å². The van der Waals surface area contributed by atoms with Gasteiger partial charge in [0.1, 0.15) is 0 Å². The SMILES string of the molecule is COC(=O)CCCC(=O)C=[N+]=[N-]. The van der Waals surface area contributed by atoms with Gasteiger partial charge in [0.05, 0.1) is 7.11 Å². The van der Waals surface area contributed by atoms with E-state index in [1.54, 1.807) is 0 Å². The number of hydrogen-bond donors (Lipinski definition) is 0. The summed E-state index contributed by atoms with van der Waals surface area (Å²) in [5, 5.41) is 0. The Kier molecular flexibility index (Phi) is 5.47. The molecule has 0 aliphatic rings. The summed E-state index contributed by atoms with van der Waals surface area (Å²) < 4.78 is 4.36. The van der Waals surface area contributed by atoms with Gasteiger partial charge in [-0.25, -0.2) is 0 Å². The second-order valence-corrected chi connectivity index (χ2v) is 2.14. The maximum atomic E-state index is 10.7. The lowest BCUT2D eigenvalue weighted by atomic mass is 10.2. The monoisotopic (exact) mass is 170 g/mol. The molecule has 0 aromatic rings. The van der Waals surface area contributed by atoms with Crippen molar-refractivity contribution in [1.29, 1.82) is 0 Å². The molecule has 0 N–H and O–H groups in total. The standard InChI is InChI=1S/C7H10N2O3/c1-12-7(11)4-2-3-6(10)5-9-8/h5H,2-4H2,1H3. The van der Waals surface area contributed by atoms with Crippen molar-refractivity contribution >= 4 is 18.0 Å². The average Bonchev–Trinajstić information content (AvgIpc) is 2.04. The minimum absolute atomic E-state index is 0.194. The third kappa shape index (κ3) is 5.32. The van der Waals surface area contributed by atoms with Crippen molar-refractivity contribution < 1.29 is 19.1 Å². The van der Waals surface area contributed by atoms with Crippen molar-refractivity contribution in [3.63, 3.8) is 0 Å². The van der Waals surface area contributed by atoms with Gasteiger partial charge in [0.2, 0.25) is 5.78 Å². The number of nitrogens with zero attached hydrogens (tertiary/aromatic N) is 2. The van der Waals surface area contributed by atoms with Gasteiger partial charge in [-0.3, -0.25) is 9.59 Å². The van der Waals surface area contributed by atoms with E-state index < -0.39 is 0 Å². The van der Waals surface area contributed by atoms with Crippen LogP contribution in [0.3, 0.4) is 0 Å². The molecule has 5 nitrogen and oxygen atoms in total. The molecule has 0 fully saturated rings. The third-order valence-electron chi connectivity index (χ3n) is 1.23. The highest BCUT2D eigenvalue weighted by Crippen LogP contribution is 1.96. The summed E-state index contributed by atoms with van der Waals surface area (Å²) in [6.07, 6.45) is 1.63. The fourth-order valence-corrected chi connectivity index (χ4v) is 0.638. The van der Waals surface area contributed by atoms with Gasteiger partial charge in [-0.2, -0.15) is 4.79 Å². The van der Waals surface area contributed by atoms with Crippen molar-refractivity contribution in [3.8, 4) is 0 Å². The van der Waals surface area contributed by atoms with Gasteiger partial charge in [0, 0.05) is 12.8 Å². The second-order valence-electron chi connectivity index (χ2n) is 2.14. The molecule has 0 aromatic carbocycles. The van der Waals surface area contributed by atoms with E-state index in [2.05, 4.69) is 9.53 Å². The highest BCUT2D eigenvalue weighted by Gasteiger charge is 2.05. The number of hydrogen-bond acceptors (Lipinski definition) is 3. The lowest BCUT2D eigenvalue weighted by Crippen LogP contribution is -2.04. The second kappa shape index (κ2) is 6.24. The number of Topliss-reactive ketones (excluding diaryl/α,β-unsaturated/α-hetero) is 1. The zero-order chi connectivity index (χ0) is 9.40. The first-order chi connectivity index (χ1) is 5.70. The predicted octanol–water partition coefficient (Wildman–Crippen LogP) is 0.199. The molecular weight excluding hydrogens is 160 g/mol. The molecule has 0 spiro atoms. The first-order valence-corrected chi connectivity index (χ1v) is 3.47. The van der Waals surface area contributed by atoms with Crippen LogP contribution < -0.4 is 0 Å². The number of rotatable bonds is 5. The summed E-state index contributed by atoms with van der Waals surface area (Å²) in [4.78, 5) is 23.7. The van der Waals surface area contributed by atoms with Crippen LogP contribution in [0.5, 0.6) is 0 Å². The smallest absolute Gasteiger partial charge is 0.323 e. The van der Waals surface area contributed by atoms with E-state index in [4.69, 9.17) is 5.53 Å². The molecular formula is C7H10N2O3. The van der Waals surface area contributed by atoms with E-state index >= 15 is 0 Å². The van der Waals surface area contributed by atoms with Gasteiger partial charge in [-0.05, 0) is 6.42 Å². The van der Waals surface area contributed by atoms with Crippen LogP contribution in [-0.4, -0.2) is 29.9 Å². The zero-order valence-electron chi connectivity index (χ0n) is 6.82. The molecule has 0 aromatic heterocycles. The normalized spacial score (nSPS) is 8.42. The Labute approximate surface area is 69.9 Å². The number of ether oxygens (including phenoxy) is 1. The molecule has 5 heteroatoms. The molecule has 0 bridgehead atoms. The lowest BCUT2D eigenvalue weighted by Gasteiger charge is -1.94. The molecule has 0 aliphatic carbocycles. The first kappa shape index (κ1) is 10.5. The minimum Gasteiger partial charge on any atom is -0.469 e. The number of ketones is 1. The van der Waals surface area contributed by atoms with Gasteiger partial charge in [0.25, 0.3) is 0 Å². The van der Waals surface area contributed by atoms with E-state index in [-0.39, 0.29) is 24.6 Å². The van der Waals surface area contributed by atoms with Gasteiger partial charge < -0.3 is 10.3 Å². The third-order valence-corrected chi connectivity index (χ3v) is 1.23. The predicted molar refractivity (Wildman–Crippen MR) is 40.6 cm³/mol. The molecule has 0 atom stereocenters. The van der Waals surface area contributed by atoms with Crippen LogP contribution in [0.2, 0.25) is 0 Å². The number of carbonyl (C=O) groups is 2. The van der Waals surface area contributed by atoms with Crippen LogP contribution in [-0.2, 0) is 14.3 Å². The lowest BCUT2D eigenvalue weighted by molar-refractivity contribution is -0.140.